The Bertz CT molecular complexity index is 967. The number of anilines is 4. The van der Waals surface area contributed by atoms with Gasteiger partial charge in [0.25, 0.3) is 5.91 Å². The Labute approximate surface area is 169 Å². The van der Waals surface area contributed by atoms with Crippen LogP contribution in [-0.4, -0.2) is 24.0 Å². The third-order valence-corrected chi connectivity index (χ3v) is 5.00. The molecule has 0 radical (unpaired) electrons. The molecule has 2 heterocycles. The van der Waals surface area contributed by atoms with Gasteiger partial charge in [-0.1, -0.05) is 12.1 Å². The SMILES string of the molecule is O=C(Nc1ccc(Nc2ccc(N3CCCCC3)cc2)nc1)c1ccccc1F. The summed E-state index contributed by atoms with van der Waals surface area (Å²) in [5.74, 6) is -0.386. The molecule has 1 fully saturated rings. The average Bonchev–Trinajstić information content (AvgIpc) is 2.76. The van der Waals surface area contributed by atoms with E-state index in [0.717, 1.165) is 18.8 Å². The monoisotopic (exact) mass is 390 g/mol. The second-order valence-electron chi connectivity index (χ2n) is 7.09. The molecule has 29 heavy (non-hydrogen) atoms. The Morgan fingerprint density at radius 2 is 1.62 bits per heavy atom. The molecule has 148 valence electrons. The zero-order chi connectivity index (χ0) is 20.1. The Hall–Kier alpha value is -3.41. The van der Waals surface area contributed by atoms with Crippen molar-refractivity contribution >= 4 is 28.8 Å². The number of pyridine rings is 1. The van der Waals surface area contributed by atoms with Crippen molar-refractivity contribution in [2.75, 3.05) is 28.6 Å². The van der Waals surface area contributed by atoms with Crippen LogP contribution in [0.5, 0.6) is 0 Å². The minimum absolute atomic E-state index is 0.00324. The first-order chi connectivity index (χ1) is 14.2. The van der Waals surface area contributed by atoms with Gasteiger partial charge in [0.05, 0.1) is 17.4 Å². The molecule has 2 N–H and O–H groups in total. The summed E-state index contributed by atoms with van der Waals surface area (Å²) in [5, 5.41) is 5.91. The molecule has 2 aromatic carbocycles. The van der Waals surface area contributed by atoms with Crippen molar-refractivity contribution in [1.82, 2.24) is 4.98 Å². The fourth-order valence-electron chi connectivity index (χ4n) is 3.44. The van der Waals surface area contributed by atoms with Crippen LogP contribution in [0.3, 0.4) is 0 Å². The average molecular weight is 390 g/mol. The number of benzene rings is 2. The van der Waals surface area contributed by atoms with Gasteiger partial charge in [-0.2, -0.15) is 0 Å². The normalized spacial score (nSPS) is 13.8. The minimum Gasteiger partial charge on any atom is -0.372 e. The first-order valence-corrected chi connectivity index (χ1v) is 9.83. The number of hydrogen-bond donors (Lipinski definition) is 2. The van der Waals surface area contributed by atoms with E-state index in [1.807, 2.05) is 12.1 Å². The standard InChI is InChI=1S/C23H23FN4O/c24-21-7-3-2-6-20(21)23(29)27-18-10-13-22(25-16-18)26-17-8-11-19(12-9-17)28-14-4-1-5-15-28/h2-3,6-13,16H,1,4-5,14-15H2,(H,25,26)(H,27,29). The van der Waals surface area contributed by atoms with Crippen molar-refractivity contribution in [3.8, 4) is 0 Å². The molecule has 6 heteroatoms. The highest BCUT2D eigenvalue weighted by molar-refractivity contribution is 6.04. The molecule has 1 saturated heterocycles. The summed E-state index contributed by atoms with van der Waals surface area (Å²) in [6, 6.07) is 17.7. The molecule has 1 aromatic heterocycles. The molecule has 4 rings (SSSR count). The van der Waals surface area contributed by atoms with Crippen LogP contribution < -0.4 is 15.5 Å². The summed E-state index contributed by atoms with van der Waals surface area (Å²) in [6.07, 6.45) is 5.37. The van der Waals surface area contributed by atoms with Crippen LogP contribution in [0.4, 0.5) is 27.3 Å². The Balaban J connectivity index is 1.37. The van der Waals surface area contributed by atoms with Gasteiger partial charge in [-0.3, -0.25) is 4.79 Å². The lowest BCUT2D eigenvalue weighted by Crippen LogP contribution is -2.29. The number of carbonyl (C=O) groups is 1. The zero-order valence-electron chi connectivity index (χ0n) is 16.1. The molecule has 0 bridgehead atoms. The van der Waals surface area contributed by atoms with Crippen molar-refractivity contribution in [1.29, 1.82) is 0 Å². The lowest BCUT2D eigenvalue weighted by molar-refractivity contribution is 0.102. The number of nitrogens with zero attached hydrogens (tertiary/aromatic N) is 2. The van der Waals surface area contributed by atoms with Crippen LogP contribution in [-0.2, 0) is 0 Å². The first kappa shape index (κ1) is 18.9. The van der Waals surface area contributed by atoms with Gasteiger partial charge < -0.3 is 15.5 Å². The summed E-state index contributed by atoms with van der Waals surface area (Å²) in [6.45, 7) is 2.24. The minimum atomic E-state index is -0.552. The Kier molecular flexibility index (Phi) is 5.70. The predicted molar refractivity (Wildman–Crippen MR) is 114 cm³/mol. The number of amides is 1. The quantitative estimate of drug-likeness (QED) is 0.628. The van der Waals surface area contributed by atoms with Crippen LogP contribution in [0.2, 0.25) is 0 Å². The van der Waals surface area contributed by atoms with Crippen molar-refractivity contribution in [3.63, 3.8) is 0 Å². The largest absolute Gasteiger partial charge is 0.372 e. The van der Waals surface area contributed by atoms with E-state index in [9.17, 15) is 9.18 Å². The van der Waals surface area contributed by atoms with E-state index in [2.05, 4.69) is 32.7 Å². The van der Waals surface area contributed by atoms with E-state index >= 15 is 0 Å². The molecular formula is C23H23FN4O. The summed E-state index contributed by atoms with van der Waals surface area (Å²) in [4.78, 5) is 18.9. The van der Waals surface area contributed by atoms with Gasteiger partial charge in [0.1, 0.15) is 11.6 Å². The Morgan fingerprint density at radius 3 is 2.31 bits per heavy atom. The summed E-state index contributed by atoms with van der Waals surface area (Å²) in [5.41, 5.74) is 2.70. The number of piperidine rings is 1. The van der Waals surface area contributed by atoms with Gasteiger partial charge in [0.15, 0.2) is 0 Å². The molecule has 0 unspecified atom stereocenters. The number of halogens is 1. The van der Waals surface area contributed by atoms with Gasteiger partial charge in [-0.15, -0.1) is 0 Å². The molecule has 1 aliphatic rings. The maximum absolute atomic E-state index is 13.7. The van der Waals surface area contributed by atoms with Crippen LogP contribution in [0, 0.1) is 5.82 Å². The van der Waals surface area contributed by atoms with E-state index in [1.54, 1.807) is 30.5 Å². The van der Waals surface area contributed by atoms with Gasteiger partial charge >= 0.3 is 0 Å². The highest BCUT2D eigenvalue weighted by Gasteiger charge is 2.12. The fraction of sp³-hybridized carbons (Fsp3) is 0.217. The van der Waals surface area contributed by atoms with Crippen LogP contribution in [0.15, 0.2) is 66.9 Å². The second-order valence-corrected chi connectivity index (χ2v) is 7.09. The van der Waals surface area contributed by atoms with Gasteiger partial charge in [-0.05, 0) is 67.8 Å². The number of aromatic nitrogens is 1. The molecule has 0 spiro atoms. The van der Waals surface area contributed by atoms with Crippen LogP contribution in [0.25, 0.3) is 0 Å². The molecule has 0 saturated carbocycles. The van der Waals surface area contributed by atoms with Gasteiger partial charge in [0.2, 0.25) is 0 Å². The first-order valence-electron chi connectivity index (χ1n) is 9.83. The number of rotatable bonds is 5. The lowest BCUT2D eigenvalue weighted by Gasteiger charge is -2.28. The summed E-state index contributed by atoms with van der Waals surface area (Å²) >= 11 is 0. The van der Waals surface area contributed by atoms with E-state index in [0.29, 0.717) is 11.5 Å². The van der Waals surface area contributed by atoms with E-state index < -0.39 is 11.7 Å². The molecule has 0 aliphatic carbocycles. The van der Waals surface area contributed by atoms with Crippen molar-refractivity contribution in [2.24, 2.45) is 0 Å². The predicted octanol–water partition coefficient (Wildman–Crippen LogP) is 5.21. The number of nitrogens with one attached hydrogen (secondary N) is 2. The molecular weight excluding hydrogens is 367 g/mol. The van der Waals surface area contributed by atoms with E-state index in [1.165, 1.54) is 37.1 Å². The molecule has 3 aromatic rings. The second kappa shape index (κ2) is 8.73. The number of carbonyl (C=O) groups excluding carboxylic acids is 1. The molecule has 0 atom stereocenters. The topological polar surface area (TPSA) is 57.3 Å². The Morgan fingerprint density at radius 1 is 0.897 bits per heavy atom. The highest BCUT2D eigenvalue weighted by atomic mass is 19.1. The summed E-state index contributed by atoms with van der Waals surface area (Å²) in [7, 11) is 0. The van der Waals surface area contributed by atoms with Crippen LogP contribution in [0.1, 0.15) is 29.6 Å². The summed E-state index contributed by atoms with van der Waals surface area (Å²) < 4.78 is 13.7. The molecule has 1 aliphatic heterocycles. The van der Waals surface area contributed by atoms with Crippen molar-refractivity contribution in [3.05, 3.63) is 78.2 Å². The van der Waals surface area contributed by atoms with E-state index in [-0.39, 0.29) is 5.56 Å². The molecule has 1 amide bonds. The van der Waals surface area contributed by atoms with E-state index in [4.69, 9.17) is 0 Å². The van der Waals surface area contributed by atoms with Crippen molar-refractivity contribution < 1.29 is 9.18 Å². The van der Waals surface area contributed by atoms with Crippen molar-refractivity contribution in [2.45, 2.75) is 19.3 Å². The zero-order valence-corrected chi connectivity index (χ0v) is 16.1. The smallest absolute Gasteiger partial charge is 0.258 e. The lowest BCUT2D eigenvalue weighted by atomic mass is 10.1. The number of hydrogen-bond acceptors (Lipinski definition) is 4. The maximum atomic E-state index is 13.7. The third-order valence-electron chi connectivity index (χ3n) is 5.00. The van der Waals surface area contributed by atoms with Gasteiger partial charge in [0, 0.05) is 24.5 Å². The van der Waals surface area contributed by atoms with Crippen LogP contribution >= 0.6 is 0 Å². The third kappa shape index (κ3) is 4.71. The molecule has 5 nitrogen and oxygen atoms in total. The maximum Gasteiger partial charge on any atom is 0.258 e. The highest BCUT2D eigenvalue weighted by Crippen LogP contribution is 2.23. The fourth-order valence-corrected chi connectivity index (χ4v) is 3.44. The van der Waals surface area contributed by atoms with Gasteiger partial charge in [-0.25, -0.2) is 9.37 Å².